The monoisotopic (exact) mass is 541 g/mol. The number of fused-ring (bicyclic) bond motifs is 1. The number of aromatic nitrogens is 5. The van der Waals surface area contributed by atoms with Crippen molar-refractivity contribution in [2.75, 3.05) is 17.6 Å². The number of nitrogens with one attached hydrogen (secondary N) is 1. The topological polar surface area (TPSA) is 134 Å². The number of nitrogens with two attached hydrogens (primary N) is 1. The summed E-state index contributed by atoms with van der Waals surface area (Å²) in [6, 6.07) is 9.71. The van der Waals surface area contributed by atoms with E-state index in [2.05, 4.69) is 57.3 Å². The third-order valence-corrected chi connectivity index (χ3v) is 5.94. The van der Waals surface area contributed by atoms with Gasteiger partial charge in [0.15, 0.2) is 23.1 Å². The minimum Gasteiger partial charge on any atom is -0.406 e. The molecule has 0 aliphatic rings. The van der Waals surface area contributed by atoms with E-state index < -0.39 is 6.09 Å². The molecule has 3 heterocycles. The minimum absolute atomic E-state index is 0.0326. The molecule has 0 bridgehead atoms. The van der Waals surface area contributed by atoms with E-state index in [1.54, 1.807) is 6.20 Å². The Kier molecular flexibility index (Phi) is 7.34. The second-order valence-electron chi connectivity index (χ2n) is 9.29. The molecule has 3 N–H and O–H groups in total. The number of imidazole rings is 1. The lowest BCUT2D eigenvalue weighted by Gasteiger charge is -2.20. The van der Waals surface area contributed by atoms with E-state index in [0.717, 1.165) is 23.7 Å². The van der Waals surface area contributed by atoms with Crippen LogP contribution in [0, 0.1) is 5.41 Å². The molecule has 0 unspecified atom stereocenters. The van der Waals surface area contributed by atoms with Crippen LogP contribution in [0.25, 0.3) is 33.8 Å². The van der Waals surface area contributed by atoms with Crippen molar-refractivity contribution in [3.8, 4) is 28.5 Å². The van der Waals surface area contributed by atoms with Gasteiger partial charge >= 0.3 is 6.09 Å². The number of hydrogen-bond donors (Lipinski definition) is 2. The van der Waals surface area contributed by atoms with Gasteiger partial charge in [-0.25, -0.2) is 19.4 Å². The molecule has 1 aromatic carbocycles. The Balaban J connectivity index is 1.91. The number of ether oxygens (including phenoxy) is 1. The van der Waals surface area contributed by atoms with E-state index in [1.165, 1.54) is 0 Å². The Labute approximate surface area is 211 Å². The molecule has 0 saturated heterocycles. The highest BCUT2D eigenvalue weighted by molar-refractivity contribution is 9.09. The molecule has 0 aliphatic carbocycles. The second kappa shape index (κ2) is 10.4. The normalized spacial score (nSPS) is 11.7. The first-order chi connectivity index (χ1) is 16.8. The first kappa shape index (κ1) is 24.6. The quantitative estimate of drug-likeness (QED) is 0.234. The maximum absolute atomic E-state index is 12.5. The number of benzene rings is 1. The maximum atomic E-state index is 12.5. The summed E-state index contributed by atoms with van der Waals surface area (Å²) < 4.78 is 12.5. The number of alkyl halides is 1. The van der Waals surface area contributed by atoms with Gasteiger partial charge in [0, 0.05) is 24.0 Å². The molecule has 0 aliphatic heterocycles. The van der Waals surface area contributed by atoms with E-state index >= 15 is 0 Å². The molecule has 10 nitrogen and oxygen atoms in total. The predicted octanol–water partition coefficient (Wildman–Crippen LogP) is 5.04. The van der Waals surface area contributed by atoms with Gasteiger partial charge in [0.05, 0.1) is 11.9 Å². The van der Waals surface area contributed by atoms with Gasteiger partial charge in [-0.05, 0) is 28.6 Å². The Morgan fingerprint density at radius 3 is 2.63 bits per heavy atom. The Morgan fingerprint density at radius 2 is 1.97 bits per heavy atom. The van der Waals surface area contributed by atoms with Crippen LogP contribution in [-0.4, -0.2) is 42.8 Å². The number of hydrogen-bond acceptors (Lipinski definition) is 8. The number of anilines is 1. The van der Waals surface area contributed by atoms with Crippen LogP contribution in [0.3, 0.4) is 0 Å². The summed E-state index contributed by atoms with van der Waals surface area (Å²) >= 11 is 3.36. The second-order valence-corrected chi connectivity index (χ2v) is 10.1. The average molecular weight is 542 g/mol. The summed E-state index contributed by atoms with van der Waals surface area (Å²) in [4.78, 5) is 22.0. The van der Waals surface area contributed by atoms with E-state index in [0.29, 0.717) is 47.1 Å². The highest BCUT2D eigenvalue weighted by atomic mass is 79.9. The zero-order valence-corrected chi connectivity index (χ0v) is 21.5. The molecule has 11 heteroatoms. The smallest absolute Gasteiger partial charge is 0.406 e. The number of aryl methyl sites for hydroxylation is 1. The molecule has 3 aromatic heterocycles. The SMILES string of the molecule is CC(C)(C)CCn1c(-c2nonc2N)nc2c(-c3ccccc3)ncc(OC(=O)NCCCBr)c21. The summed E-state index contributed by atoms with van der Waals surface area (Å²) in [5, 5.41) is 11.3. The van der Waals surface area contributed by atoms with Gasteiger partial charge in [0.1, 0.15) is 11.0 Å². The average Bonchev–Trinajstić information content (AvgIpc) is 3.41. The number of nitrogen functional groups attached to an aromatic ring is 1. The zero-order chi connectivity index (χ0) is 25.0. The number of rotatable bonds is 8. The fourth-order valence-electron chi connectivity index (χ4n) is 3.58. The third-order valence-electron chi connectivity index (χ3n) is 5.38. The van der Waals surface area contributed by atoms with Crippen molar-refractivity contribution < 1.29 is 14.2 Å². The summed E-state index contributed by atoms with van der Waals surface area (Å²) in [6.45, 7) is 7.52. The molecule has 0 atom stereocenters. The van der Waals surface area contributed by atoms with Crippen LogP contribution in [0.2, 0.25) is 0 Å². The van der Waals surface area contributed by atoms with Gasteiger partial charge in [-0.3, -0.25) is 0 Å². The maximum Gasteiger partial charge on any atom is 0.412 e. The third kappa shape index (κ3) is 5.61. The molecule has 4 aromatic rings. The van der Waals surface area contributed by atoms with Crippen molar-refractivity contribution >= 4 is 38.9 Å². The van der Waals surface area contributed by atoms with Gasteiger partial charge < -0.3 is 20.4 Å². The number of nitrogens with zero attached hydrogens (tertiary/aromatic N) is 5. The molecule has 35 heavy (non-hydrogen) atoms. The Bertz CT molecular complexity index is 1310. The van der Waals surface area contributed by atoms with Gasteiger partial charge in [-0.15, -0.1) is 0 Å². The van der Waals surface area contributed by atoms with Crippen LogP contribution in [0.15, 0.2) is 41.2 Å². The first-order valence-electron chi connectivity index (χ1n) is 11.3. The van der Waals surface area contributed by atoms with Crippen LogP contribution in [0.1, 0.15) is 33.6 Å². The van der Waals surface area contributed by atoms with Crippen molar-refractivity contribution in [1.82, 2.24) is 30.2 Å². The standard InChI is InChI=1S/C24H28BrN7O3/c1-24(2,3)10-13-32-20-16(34-23(33)27-12-7-11-25)14-28-17(15-8-5-4-6-9-15)18(20)29-22(32)19-21(26)31-35-30-19/h4-6,8-9,14H,7,10-13H2,1-3H3,(H2,26,31)(H,27,33). The van der Waals surface area contributed by atoms with Gasteiger partial charge in [-0.1, -0.05) is 67.0 Å². The van der Waals surface area contributed by atoms with Crippen LogP contribution < -0.4 is 15.8 Å². The van der Waals surface area contributed by atoms with Crippen molar-refractivity contribution in [3.05, 3.63) is 36.5 Å². The summed E-state index contributed by atoms with van der Waals surface area (Å²) in [5.41, 5.74) is 9.11. The molecule has 1 amide bonds. The summed E-state index contributed by atoms with van der Waals surface area (Å²) in [7, 11) is 0. The molecule has 184 valence electrons. The lowest BCUT2D eigenvalue weighted by Crippen LogP contribution is -2.28. The molecule has 0 radical (unpaired) electrons. The van der Waals surface area contributed by atoms with Crippen LogP contribution in [-0.2, 0) is 6.54 Å². The van der Waals surface area contributed by atoms with Crippen LogP contribution in [0.5, 0.6) is 5.75 Å². The highest BCUT2D eigenvalue weighted by Gasteiger charge is 2.26. The lowest BCUT2D eigenvalue weighted by molar-refractivity contribution is 0.201. The van der Waals surface area contributed by atoms with Crippen molar-refractivity contribution in [3.63, 3.8) is 0 Å². The van der Waals surface area contributed by atoms with Gasteiger partial charge in [0.25, 0.3) is 0 Å². The Hall–Kier alpha value is -3.47. The molecule has 0 spiro atoms. The largest absolute Gasteiger partial charge is 0.412 e. The number of halogens is 1. The first-order valence-corrected chi connectivity index (χ1v) is 12.5. The summed E-state index contributed by atoms with van der Waals surface area (Å²) in [5.74, 6) is 0.887. The van der Waals surface area contributed by atoms with E-state index in [-0.39, 0.29) is 11.2 Å². The molecule has 4 rings (SSSR count). The van der Waals surface area contributed by atoms with E-state index in [9.17, 15) is 4.79 Å². The van der Waals surface area contributed by atoms with E-state index in [1.807, 2.05) is 34.9 Å². The van der Waals surface area contributed by atoms with Crippen molar-refractivity contribution in [1.29, 1.82) is 0 Å². The molecule has 0 fully saturated rings. The van der Waals surface area contributed by atoms with Gasteiger partial charge in [0.2, 0.25) is 0 Å². The fraction of sp³-hybridized carbons (Fsp3) is 0.375. The number of carbonyl (C=O) groups excluding carboxylic acids is 1. The zero-order valence-electron chi connectivity index (χ0n) is 19.9. The van der Waals surface area contributed by atoms with Crippen LogP contribution >= 0.6 is 15.9 Å². The van der Waals surface area contributed by atoms with E-state index in [4.69, 9.17) is 20.1 Å². The van der Waals surface area contributed by atoms with Crippen molar-refractivity contribution in [2.24, 2.45) is 5.41 Å². The van der Waals surface area contributed by atoms with Gasteiger partial charge in [-0.2, -0.15) is 0 Å². The fourth-order valence-corrected chi connectivity index (χ4v) is 3.87. The van der Waals surface area contributed by atoms with Crippen LogP contribution in [0.4, 0.5) is 10.6 Å². The minimum atomic E-state index is -0.561. The Morgan fingerprint density at radius 1 is 1.20 bits per heavy atom. The summed E-state index contributed by atoms with van der Waals surface area (Å²) in [6.07, 6.45) is 2.59. The number of amides is 1. The lowest BCUT2D eigenvalue weighted by atomic mass is 9.92. The number of carbonyl (C=O) groups is 1. The predicted molar refractivity (Wildman–Crippen MR) is 137 cm³/mol. The number of pyridine rings is 1. The van der Waals surface area contributed by atoms with Crippen molar-refractivity contribution in [2.45, 2.75) is 40.2 Å². The molecular formula is C24H28BrN7O3. The molecular weight excluding hydrogens is 514 g/mol. The highest BCUT2D eigenvalue weighted by Crippen LogP contribution is 2.37. The molecule has 0 saturated carbocycles.